The normalized spacial score (nSPS) is 49.9. The molecule has 0 aromatic heterocycles. The second-order valence-electron chi connectivity index (χ2n) is 16.7. The summed E-state index contributed by atoms with van der Waals surface area (Å²) in [5.74, 6) is -1.98. The van der Waals surface area contributed by atoms with Crippen molar-refractivity contribution in [2.45, 2.75) is 134 Å². The molecular formula is C35H59O14S-. The minimum atomic E-state index is -5.21. The lowest BCUT2D eigenvalue weighted by Crippen LogP contribution is -2.71. The van der Waals surface area contributed by atoms with Gasteiger partial charge in [-0.2, -0.15) is 0 Å². The molecule has 1 saturated heterocycles. The van der Waals surface area contributed by atoms with Gasteiger partial charge in [-0.15, -0.1) is 0 Å². The Bertz CT molecular complexity index is 1320. The Morgan fingerprint density at radius 2 is 1.62 bits per heavy atom. The zero-order valence-corrected chi connectivity index (χ0v) is 30.8. The van der Waals surface area contributed by atoms with E-state index in [1.807, 2.05) is 20.8 Å². The summed E-state index contributed by atoms with van der Waals surface area (Å²) in [6.45, 7) is 9.82. The molecule has 15 heteroatoms. The highest BCUT2D eigenvalue weighted by atomic mass is 32.3. The van der Waals surface area contributed by atoms with Gasteiger partial charge in [-0.3, -0.25) is 4.18 Å². The minimum absolute atomic E-state index is 0.0132. The number of methoxy groups -OCH3 is 1. The van der Waals surface area contributed by atoms with Gasteiger partial charge < -0.3 is 54.5 Å². The lowest BCUT2D eigenvalue weighted by molar-refractivity contribution is -0.306. The molecule has 290 valence electrons. The van der Waals surface area contributed by atoms with Crippen molar-refractivity contribution in [3.63, 3.8) is 0 Å². The molecular weight excluding hydrogens is 676 g/mol. The fraction of sp³-hybridized carbons (Fsp3) is 0.943. The van der Waals surface area contributed by atoms with Crippen molar-refractivity contribution < 1.29 is 67.1 Å². The largest absolute Gasteiger partial charge is 0.726 e. The molecule has 1 heterocycles. The number of aliphatic hydroxyl groups excluding tert-OH is 6. The summed E-state index contributed by atoms with van der Waals surface area (Å²) in [7, 11) is -3.85. The van der Waals surface area contributed by atoms with Crippen LogP contribution in [0.25, 0.3) is 0 Å². The topological polar surface area (TPSA) is 236 Å². The van der Waals surface area contributed by atoms with Gasteiger partial charge >= 0.3 is 0 Å². The third-order valence-corrected chi connectivity index (χ3v) is 14.4. The van der Waals surface area contributed by atoms with Gasteiger partial charge in [-0.25, -0.2) is 8.42 Å². The van der Waals surface area contributed by atoms with E-state index < -0.39 is 106 Å². The minimum Gasteiger partial charge on any atom is -0.726 e. The quantitative estimate of drug-likeness (QED) is 0.0868. The van der Waals surface area contributed by atoms with Crippen molar-refractivity contribution in [1.29, 1.82) is 0 Å². The first-order chi connectivity index (χ1) is 23.2. The van der Waals surface area contributed by atoms with Crippen LogP contribution in [0, 0.1) is 52.3 Å². The summed E-state index contributed by atoms with van der Waals surface area (Å²) in [4.78, 5) is 0. The van der Waals surface area contributed by atoms with E-state index in [0.717, 1.165) is 0 Å². The molecule has 4 saturated carbocycles. The highest BCUT2D eigenvalue weighted by molar-refractivity contribution is 7.80. The first-order valence-corrected chi connectivity index (χ1v) is 19.4. The Kier molecular flexibility index (Phi) is 12.0. The summed E-state index contributed by atoms with van der Waals surface area (Å²) < 4.78 is 57.4. The molecule has 50 heavy (non-hydrogen) atoms. The molecule has 7 N–H and O–H groups in total. The summed E-state index contributed by atoms with van der Waals surface area (Å²) in [6.07, 6.45) is -3.92. The molecule has 1 aliphatic heterocycles. The summed E-state index contributed by atoms with van der Waals surface area (Å²) in [5.41, 5.74) is -2.96. The third-order valence-electron chi connectivity index (χ3n) is 13.9. The maximum absolute atomic E-state index is 12.7. The Morgan fingerprint density at radius 1 is 0.960 bits per heavy atom. The smallest absolute Gasteiger partial charge is 0.217 e. The second-order valence-corrected chi connectivity index (χ2v) is 17.7. The van der Waals surface area contributed by atoms with E-state index in [4.69, 9.17) is 18.4 Å². The molecule has 0 aromatic carbocycles. The molecule has 5 rings (SSSR count). The summed E-state index contributed by atoms with van der Waals surface area (Å²) in [6, 6.07) is 0. The first-order valence-electron chi connectivity index (χ1n) is 18.1. The second kappa shape index (κ2) is 14.8. The fourth-order valence-electron chi connectivity index (χ4n) is 11.2. The third kappa shape index (κ3) is 7.09. The van der Waals surface area contributed by atoms with Gasteiger partial charge in [0, 0.05) is 25.4 Å². The van der Waals surface area contributed by atoms with E-state index in [2.05, 4.69) is 26.0 Å². The van der Waals surface area contributed by atoms with Crippen LogP contribution < -0.4 is 0 Å². The average Bonchev–Trinajstić information content (AvgIpc) is 3.31. The lowest BCUT2D eigenvalue weighted by atomic mass is 9.41. The molecule has 19 atom stereocenters. The van der Waals surface area contributed by atoms with Gasteiger partial charge in [-0.1, -0.05) is 46.8 Å². The maximum Gasteiger partial charge on any atom is 0.217 e. The van der Waals surface area contributed by atoms with Crippen LogP contribution in [0.15, 0.2) is 12.2 Å². The predicted molar refractivity (Wildman–Crippen MR) is 177 cm³/mol. The van der Waals surface area contributed by atoms with Gasteiger partial charge in [0.05, 0.1) is 43.2 Å². The zero-order valence-electron chi connectivity index (χ0n) is 29.9. The number of hydrogen-bond acceptors (Lipinski definition) is 14. The van der Waals surface area contributed by atoms with Gasteiger partial charge in [0.15, 0.2) is 6.29 Å². The van der Waals surface area contributed by atoms with Crippen LogP contribution in [-0.4, -0.2) is 130 Å². The van der Waals surface area contributed by atoms with E-state index in [9.17, 15) is 48.7 Å². The van der Waals surface area contributed by atoms with Gasteiger partial charge in [-0.05, 0) is 72.5 Å². The van der Waals surface area contributed by atoms with Crippen molar-refractivity contribution in [1.82, 2.24) is 0 Å². The maximum atomic E-state index is 12.7. The van der Waals surface area contributed by atoms with Crippen molar-refractivity contribution >= 4 is 10.4 Å². The fourth-order valence-corrected chi connectivity index (χ4v) is 11.7. The highest BCUT2D eigenvalue weighted by Crippen LogP contribution is 2.70. The van der Waals surface area contributed by atoms with Crippen LogP contribution in [0.1, 0.15) is 73.1 Å². The van der Waals surface area contributed by atoms with E-state index in [-0.39, 0.29) is 43.1 Å². The van der Waals surface area contributed by atoms with E-state index in [1.54, 1.807) is 0 Å². The number of ether oxygens (including phenoxy) is 3. The van der Waals surface area contributed by atoms with Crippen LogP contribution in [0.5, 0.6) is 0 Å². The molecule has 10 unspecified atom stereocenters. The first kappa shape index (κ1) is 40.4. The van der Waals surface area contributed by atoms with E-state index in [0.29, 0.717) is 25.7 Å². The zero-order chi connectivity index (χ0) is 37.1. The van der Waals surface area contributed by atoms with Gasteiger partial charge in [0.2, 0.25) is 10.4 Å². The molecule has 0 spiro atoms. The molecule has 0 amide bonds. The Morgan fingerprint density at radius 3 is 2.24 bits per heavy atom. The van der Waals surface area contributed by atoms with Crippen LogP contribution in [0.3, 0.4) is 0 Å². The molecule has 5 fully saturated rings. The van der Waals surface area contributed by atoms with Crippen molar-refractivity contribution in [3.8, 4) is 0 Å². The number of fused-ring (bicyclic) bond motifs is 5. The van der Waals surface area contributed by atoms with Crippen molar-refractivity contribution in [2.24, 2.45) is 52.3 Å². The van der Waals surface area contributed by atoms with Crippen molar-refractivity contribution in [2.75, 3.05) is 20.3 Å². The van der Waals surface area contributed by atoms with Gasteiger partial charge in [0.25, 0.3) is 0 Å². The summed E-state index contributed by atoms with van der Waals surface area (Å²) >= 11 is 0. The molecule has 0 bridgehead atoms. The molecule has 0 aromatic rings. The van der Waals surface area contributed by atoms with E-state index >= 15 is 0 Å². The molecule has 0 radical (unpaired) electrons. The number of rotatable bonds is 11. The Labute approximate surface area is 295 Å². The summed E-state index contributed by atoms with van der Waals surface area (Å²) in [5, 5.41) is 76.5. The predicted octanol–water partition coefficient (Wildman–Crippen LogP) is 0.453. The molecule has 14 nitrogen and oxygen atoms in total. The number of hydrogen-bond donors (Lipinski definition) is 7. The van der Waals surface area contributed by atoms with E-state index in [1.165, 1.54) is 7.11 Å². The van der Waals surface area contributed by atoms with Crippen LogP contribution in [-0.2, 0) is 28.8 Å². The van der Waals surface area contributed by atoms with Crippen LogP contribution in [0.4, 0.5) is 0 Å². The van der Waals surface area contributed by atoms with Crippen molar-refractivity contribution in [3.05, 3.63) is 12.2 Å². The molecule has 5 aliphatic rings. The highest BCUT2D eigenvalue weighted by Gasteiger charge is 2.72. The standard InChI is InChI=1S/C35H60O14S/c1-17(19(3)16-47-32-29(41)30(46-6)28(40)24(15-36)48-32)7-8-18(2)20-13-22(38)31-33(20,4)12-10-25-34(5)11-9-21(37)27(39)26(34)23(14-35(25,31)42)49-50(43,44)45/h7-8,17-32,36-42H,9-16H2,1-6H3,(H,43,44,45)/p-1/b8-7+/t17-,18?,19-,20-,21+,22-,23?,24?,25?,26?,27+,28?,29?,30?,31?,32?,33-,34-,35+/m1/s1. The number of allylic oxidation sites excluding steroid dienone is 2. The Balaban J connectivity index is 1.30. The SMILES string of the molecule is COC1C(O)C(CO)OC(OC[C@@H](C)[C@H](C)/C=C/C(C)[C@H]2C[C@@H](O)C3[C@]4(O)CC(OS(=O)(=O)[O-])C5[C@@H](O)[C@@H](O)CC[C@]5(C)C4CC[C@@]32C)C1O. The lowest BCUT2D eigenvalue weighted by Gasteiger charge is -2.66. The monoisotopic (exact) mass is 735 g/mol. The number of aliphatic hydroxyl groups is 7. The average molecular weight is 736 g/mol. The van der Waals surface area contributed by atoms with Gasteiger partial charge in [0.1, 0.15) is 24.4 Å². The molecule has 4 aliphatic carbocycles. The van der Waals surface area contributed by atoms with Crippen LogP contribution >= 0.6 is 0 Å². The Hall–Kier alpha value is -0.790. The van der Waals surface area contributed by atoms with Crippen LogP contribution in [0.2, 0.25) is 0 Å².